The van der Waals surface area contributed by atoms with E-state index < -0.39 is 0 Å². The Morgan fingerprint density at radius 3 is 1.17 bits per heavy atom. The monoisotopic (exact) mass is 522 g/mol. The van der Waals surface area contributed by atoms with Gasteiger partial charge in [0.2, 0.25) is 0 Å². The topological polar surface area (TPSA) is 49.4 Å². The van der Waals surface area contributed by atoms with Crippen LogP contribution >= 0.6 is 0 Å². The second-order valence-corrected chi connectivity index (χ2v) is 12.4. The Bertz CT molecular complexity index is 1050. The quantitative estimate of drug-likeness (QED) is 0.219. The van der Waals surface area contributed by atoms with Crippen molar-refractivity contribution in [2.75, 3.05) is 0 Å². The van der Waals surface area contributed by atoms with Crippen LogP contribution in [0.3, 0.4) is 0 Å². The minimum absolute atomic E-state index is 0.262. The van der Waals surface area contributed by atoms with Gasteiger partial charge in [-0.3, -0.25) is 0 Å². The second-order valence-electron chi connectivity index (χ2n) is 6.17. The first-order valence-electron chi connectivity index (χ1n) is 9.35. The Balaban J connectivity index is 1.49. The predicted octanol–water partition coefficient (Wildman–Crippen LogP) is 5.79. The van der Waals surface area contributed by atoms with Gasteiger partial charge in [-0.2, -0.15) is 0 Å². The van der Waals surface area contributed by atoms with Crippen molar-refractivity contribution in [1.29, 1.82) is 0 Å². The maximum atomic E-state index is 4.50. The van der Waals surface area contributed by atoms with E-state index in [1.54, 1.807) is 0 Å². The van der Waals surface area contributed by atoms with Crippen molar-refractivity contribution in [2.24, 2.45) is 20.5 Å². The van der Waals surface area contributed by atoms with Crippen LogP contribution in [0.2, 0.25) is 0 Å². The molecule has 4 aromatic carbocycles. The van der Waals surface area contributed by atoms with Crippen molar-refractivity contribution < 1.29 is 0 Å². The van der Waals surface area contributed by atoms with Crippen LogP contribution in [-0.4, -0.2) is 26.3 Å². The molecule has 4 aromatic rings. The second kappa shape index (κ2) is 10.8. The van der Waals surface area contributed by atoms with Gasteiger partial charge >= 0.3 is 188 Å². The summed E-state index contributed by atoms with van der Waals surface area (Å²) < 4.78 is 2.50. The molecule has 0 aromatic heterocycles. The van der Waals surface area contributed by atoms with E-state index in [4.69, 9.17) is 0 Å². The van der Waals surface area contributed by atoms with Gasteiger partial charge in [0.05, 0.1) is 0 Å². The molecule has 0 bridgehead atoms. The zero-order valence-corrected chi connectivity index (χ0v) is 19.4. The Morgan fingerprint density at radius 1 is 0.367 bits per heavy atom. The molecular formula is C24H18N4Se2. The van der Waals surface area contributed by atoms with E-state index in [0.29, 0.717) is 0 Å². The summed E-state index contributed by atoms with van der Waals surface area (Å²) in [5.74, 6) is 0. The molecule has 0 radical (unpaired) electrons. The zero-order valence-electron chi connectivity index (χ0n) is 16.0. The molecular weight excluding hydrogens is 502 g/mol. The molecule has 30 heavy (non-hydrogen) atoms. The van der Waals surface area contributed by atoms with Gasteiger partial charge in [-0.05, 0) is 0 Å². The molecule has 0 saturated carbocycles. The van der Waals surface area contributed by atoms with E-state index in [9.17, 15) is 0 Å². The van der Waals surface area contributed by atoms with Crippen LogP contribution in [0, 0.1) is 0 Å². The summed E-state index contributed by atoms with van der Waals surface area (Å²) in [6.45, 7) is 0. The molecule has 0 aliphatic rings. The molecule has 0 N–H and O–H groups in total. The SMILES string of the molecule is c1ccc(N=Nc2ccccc2[Se][Se]c2ccccc2N=Nc2ccccc2)cc1. The number of nitrogens with zero attached hydrogens (tertiary/aromatic N) is 4. The van der Waals surface area contributed by atoms with E-state index in [0.717, 1.165) is 22.7 Å². The van der Waals surface area contributed by atoms with Crippen LogP contribution in [0.4, 0.5) is 22.7 Å². The Hall–Kier alpha value is -2.88. The van der Waals surface area contributed by atoms with Crippen molar-refractivity contribution in [1.82, 2.24) is 0 Å². The molecule has 4 nitrogen and oxygen atoms in total. The summed E-state index contributed by atoms with van der Waals surface area (Å²) in [6, 6.07) is 36.1. The van der Waals surface area contributed by atoms with Crippen LogP contribution in [0.1, 0.15) is 0 Å². The Labute approximate surface area is 187 Å². The fourth-order valence-electron chi connectivity index (χ4n) is 2.52. The van der Waals surface area contributed by atoms with E-state index in [2.05, 4.69) is 44.7 Å². The van der Waals surface area contributed by atoms with Gasteiger partial charge in [0.15, 0.2) is 0 Å². The summed E-state index contributed by atoms with van der Waals surface area (Å²) in [6.07, 6.45) is 0. The van der Waals surface area contributed by atoms with Crippen molar-refractivity contribution in [2.45, 2.75) is 0 Å². The fourth-order valence-corrected chi connectivity index (χ4v) is 9.31. The van der Waals surface area contributed by atoms with Crippen molar-refractivity contribution in [3.05, 3.63) is 109 Å². The van der Waals surface area contributed by atoms with Gasteiger partial charge in [0, 0.05) is 0 Å². The van der Waals surface area contributed by atoms with E-state index in [1.165, 1.54) is 8.92 Å². The van der Waals surface area contributed by atoms with Gasteiger partial charge in [0.1, 0.15) is 0 Å². The fraction of sp³-hybridized carbons (Fsp3) is 0. The number of hydrogen-bond donors (Lipinski definition) is 0. The molecule has 0 saturated heterocycles. The van der Waals surface area contributed by atoms with Crippen molar-refractivity contribution in [3.63, 3.8) is 0 Å². The normalized spacial score (nSPS) is 11.3. The third kappa shape index (κ3) is 5.82. The molecule has 0 fully saturated rings. The van der Waals surface area contributed by atoms with Gasteiger partial charge in [-0.25, -0.2) is 0 Å². The van der Waals surface area contributed by atoms with E-state index in [1.807, 2.05) is 84.9 Å². The van der Waals surface area contributed by atoms with E-state index in [-0.39, 0.29) is 26.3 Å². The molecule has 4 rings (SSSR count). The zero-order chi connectivity index (χ0) is 20.4. The van der Waals surface area contributed by atoms with Crippen LogP contribution in [0.15, 0.2) is 130 Å². The average molecular weight is 520 g/mol. The van der Waals surface area contributed by atoms with Gasteiger partial charge in [-0.1, -0.05) is 0 Å². The van der Waals surface area contributed by atoms with Crippen LogP contribution in [-0.2, 0) is 0 Å². The Kier molecular flexibility index (Phi) is 7.32. The molecule has 0 atom stereocenters. The maximum absolute atomic E-state index is 4.50. The molecule has 0 aliphatic heterocycles. The van der Waals surface area contributed by atoms with Crippen molar-refractivity contribution in [3.8, 4) is 0 Å². The van der Waals surface area contributed by atoms with Gasteiger partial charge in [-0.15, -0.1) is 0 Å². The minimum atomic E-state index is 0.262. The molecule has 146 valence electrons. The molecule has 6 heteroatoms. The summed E-state index contributed by atoms with van der Waals surface area (Å²) in [5, 5.41) is 17.8. The van der Waals surface area contributed by atoms with Crippen molar-refractivity contribution >= 4 is 57.9 Å². The molecule has 0 aliphatic carbocycles. The first kappa shape index (κ1) is 20.4. The third-order valence-corrected chi connectivity index (χ3v) is 11.2. The third-order valence-electron chi connectivity index (χ3n) is 4.01. The summed E-state index contributed by atoms with van der Waals surface area (Å²) in [5.41, 5.74) is 3.59. The standard InChI is InChI=1S/C24H18N4Se2/c1-3-11-19(12-4-1)25-27-21-15-7-9-17-23(21)29-30-24-18-10-8-16-22(24)28-26-20-13-5-2-6-14-20/h1-18H. The van der Waals surface area contributed by atoms with Gasteiger partial charge in [0.25, 0.3) is 0 Å². The van der Waals surface area contributed by atoms with Crippen LogP contribution in [0.5, 0.6) is 0 Å². The predicted molar refractivity (Wildman–Crippen MR) is 125 cm³/mol. The first-order chi connectivity index (χ1) is 14.9. The van der Waals surface area contributed by atoms with Crippen LogP contribution in [0.25, 0.3) is 0 Å². The molecule has 0 heterocycles. The number of azo groups is 2. The van der Waals surface area contributed by atoms with Gasteiger partial charge < -0.3 is 0 Å². The number of benzene rings is 4. The average Bonchev–Trinajstić information content (AvgIpc) is 2.82. The molecule has 0 unspecified atom stereocenters. The number of rotatable bonds is 7. The molecule has 0 spiro atoms. The Morgan fingerprint density at radius 2 is 0.733 bits per heavy atom. The molecule has 0 amide bonds. The number of hydrogen-bond acceptors (Lipinski definition) is 4. The summed E-state index contributed by atoms with van der Waals surface area (Å²) in [4.78, 5) is 0. The summed E-state index contributed by atoms with van der Waals surface area (Å²) in [7, 11) is 0. The van der Waals surface area contributed by atoms with Crippen LogP contribution < -0.4 is 8.92 Å². The summed E-state index contributed by atoms with van der Waals surface area (Å²) >= 11 is 0.523. The first-order valence-corrected chi connectivity index (χ1v) is 15.4. The van der Waals surface area contributed by atoms with E-state index >= 15 is 0 Å².